The Balaban J connectivity index is 2.14. The van der Waals surface area contributed by atoms with Gasteiger partial charge in [-0.25, -0.2) is 0 Å². The topological polar surface area (TPSA) is 12.0 Å². The van der Waals surface area contributed by atoms with E-state index < -0.39 is 0 Å². The van der Waals surface area contributed by atoms with Crippen LogP contribution in [0.2, 0.25) is 5.02 Å². The fourth-order valence-corrected chi connectivity index (χ4v) is 2.58. The number of rotatable bonds is 4. The Labute approximate surface area is 96.8 Å². The molecule has 0 saturated heterocycles. The molecule has 2 heteroatoms. The molecule has 1 saturated carbocycles. The van der Waals surface area contributed by atoms with E-state index in [4.69, 9.17) is 11.6 Å². The van der Waals surface area contributed by atoms with Gasteiger partial charge in [0.1, 0.15) is 0 Å². The molecule has 0 spiro atoms. The van der Waals surface area contributed by atoms with Crippen LogP contribution >= 0.6 is 11.6 Å². The molecular weight excluding hydrogens is 206 g/mol. The van der Waals surface area contributed by atoms with Crippen molar-refractivity contribution in [3.05, 3.63) is 34.9 Å². The van der Waals surface area contributed by atoms with Gasteiger partial charge >= 0.3 is 0 Å². The first-order valence-corrected chi connectivity index (χ1v) is 6.05. The average Bonchev–Trinajstić information content (AvgIpc) is 2.19. The van der Waals surface area contributed by atoms with E-state index in [1.807, 2.05) is 19.2 Å². The minimum atomic E-state index is 0.438. The Bertz CT molecular complexity index is 314. The molecule has 0 bridgehead atoms. The minimum Gasteiger partial charge on any atom is -0.320 e. The summed E-state index contributed by atoms with van der Waals surface area (Å²) >= 11 is 5.91. The molecule has 82 valence electrons. The van der Waals surface area contributed by atoms with Crippen LogP contribution in [0.5, 0.6) is 0 Å². The van der Waals surface area contributed by atoms with Gasteiger partial charge in [0.15, 0.2) is 0 Å². The fourth-order valence-electron chi connectivity index (χ4n) is 2.45. The summed E-state index contributed by atoms with van der Waals surface area (Å²) in [5.74, 6) is 0. The molecule has 0 aliphatic heterocycles. The van der Waals surface area contributed by atoms with Crippen molar-refractivity contribution in [1.29, 1.82) is 0 Å². The number of benzene rings is 1. The lowest BCUT2D eigenvalue weighted by atomic mass is 9.62. The number of halogens is 1. The van der Waals surface area contributed by atoms with E-state index in [1.54, 1.807) is 0 Å². The van der Waals surface area contributed by atoms with Gasteiger partial charge in [-0.2, -0.15) is 0 Å². The van der Waals surface area contributed by atoms with Gasteiger partial charge in [-0.05, 0) is 56.0 Å². The molecule has 1 N–H and O–H groups in total. The van der Waals surface area contributed by atoms with Gasteiger partial charge in [-0.3, -0.25) is 0 Å². The highest BCUT2D eigenvalue weighted by molar-refractivity contribution is 6.30. The van der Waals surface area contributed by atoms with Crippen LogP contribution in [0.4, 0.5) is 0 Å². The van der Waals surface area contributed by atoms with Gasteiger partial charge in [0.05, 0.1) is 0 Å². The zero-order valence-corrected chi connectivity index (χ0v) is 9.98. The Morgan fingerprint density at radius 3 is 2.40 bits per heavy atom. The molecule has 1 aromatic rings. The molecule has 0 aromatic heterocycles. The predicted octanol–water partition coefficient (Wildman–Crippen LogP) is 3.37. The first-order chi connectivity index (χ1) is 7.27. The van der Waals surface area contributed by atoms with Gasteiger partial charge in [0, 0.05) is 5.02 Å². The van der Waals surface area contributed by atoms with Crippen LogP contribution in [0.1, 0.15) is 31.2 Å². The molecule has 1 aliphatic carbocycles. The Hall–Kier alpha value is -0.530. The zero-order chi connectivity index (χ0) is 10.7. The summed E-state index contributed by atoms with van der Waals surface area (Å²) in [4.78, 5) is 0. The highest BCUT2D eigenvalue weighted by Crippen LogP contribution is 2.46. The van der Waals surface area contributed by atoms with Gasteiger partial charge in [-0.1, -0.05) is 30.2 Å². The van der Waals surface area contributed by atoms with Crippen LogP contribution in [0, 0.1) is 0 Å². The average molecular weight is 224 g/mol. The third kappa shape index (κ3) is 2.19. The molecular formula is C13H18ClN. The lowest BCUT2D eigenvalue weighted by molar-refractivity contribution is 0.225. The van der Waals surface area contributed by atoms with E-state index in [0.717, 1.165) is 11.6 Å². The van der Waals surface area contributed by atoms with Crippen LogP contribution in [-0.4, -0.2) is 13.6 Å². The quantitative estimate of drug-likeness (QED) is 0.826. The molecule has 15 heavy (non-hydrogen) atoms. The normalized spacial score (nSPS) is 18.5. The molecule has 0 amide bonds. The Morgan fingerprint density at radius 2 is 1.93 bits per heavy atom. The van der Waals surface area contributed by atoms with Crippen molar-refractivity contribution in [2.75, 3.05) is 13.6 Å². The summed E-state index contributed by atoms with van der Waals surface area (Å²) in [5, 5.41) is 4.08. The van der Waals surface area contributed by atoms with Crippen LogP contribution in [-0.2, 0) is 5.41 Å². The van der Waals surface area contributed by atoms with E-state index in [0.29, 0.717) is 5.41 Å². The molecule has 1 aromatic carbocycles. The van der Waals surface area contributed by atoms with Crippen LogP contribution in [0.25, 0.3) is 0 Å². The summed E-state index contributed by atoms with van der Waals surface area (Å²) in [5.41, 5.74) is 1.90. The largest absolute Gasteiger partial charge is 0.320 e. The first-order valence-electron chi connectivity index (χ1n) is 5.67. The second-order valence-electron chi connectivity index (χ2n) is 4.49. The number of hydrogen-bond acceptors (Lipinski definition) is 1. The molecule has 1 fully saturated rings. The standard InChI is InChI=1S/C13H18ClN/c1-15-10-9-13(7-2-8-13)11-3-5-12(14)6-4-11/h3-6,15H,2,7-10H2,1H3. The van der Waals surface area contributed by atoms with E-state index in [1.165, 1.54) is 31.2 Å². The number of hydrogen-bond donors (Lipinski definition) is 1. The van der Waals surface area contributed by atoms with Crippen molar-refractivity contribution in [2.45, 2.75) is 31.1 Å². The summed E-state index contributed by atoms with van der Waals surface area (Å²) in [6, 6.07) is 8.40. The Morgan fingerprint density at radius 1 is 1.27 bits per heavy atom. The maximum absolute atomic E-state index is 5.91. The fraction of sp³-hybridized carbons (Fsp3) is 0.538. The third-order valence-electron chi connectivity index (χ3n) is 3.62. The van der Waals surface area contributed by atoms with Crippen molar-refractivity contribution < 1.29 is 0 Å². The molecule has 0 atom stereocenters. The second kappa shape index (κ2) is 4.54. The van der Waals surface area contributed by atoms with Crippen molar-refractivity contribution in [2.24, 2.45) is 0 Å². The third-order valence-corrected chi connectivity index (χ3v) is 3.87. The summed E-state index contributed by atoms with van der Waals surface area (Å²) in [6.45, 7) is 1.10. The lowest BCUT2D eigenvalue weighted by Gasteiger charge is -2.42. The maximum Gasteiger partial charge on any atom is 0.0406 e. The number of nitrogens with one attached hydrogen (secondary N) is 1. The van der Waals surface area contributed by atoms with E-state index in [-0.39, 0.29) is 0 Å². The highest BCUT2D eigenvalue weighted by atomic mass is 35.5. The van der Waals surface area contributed by atoms with Gasteiger partial charge in [-0.15, -0.1) is 0 Å². The summed E-state index contributed by atoms with van der Waals surface area (Å²) in [7, 11) is 2.02. The van der Waals surface area contributed by atoms with Crippen LogP contribution < -0.4 is 5.32 Å². The molecule has 1 aliphatic rings. The Kier molecular flexibility index (Phi) is 3.32. The SMILES string of the molecule is CNCCC1(c2ccc(Cl)cc2)CCC1. The van der Waals surface area contributed by atoms with E-state index >= 15 is 0 Å². The van der Waals surface area contributed by atoms with Gasteiger partial charge < -0.3 is 5.32 Å². The van der Waals surface area contributed by atoms with Crippen molar-refractivity contribution in [1.82, 2.24) is 5.32 Å². The van der Waals surface area contributed by atoms with Crippen molar-refractivity contribution in [3.63, 3.8) is 0 Å². The predicted molar refractivity (Wildman–Crippen MR) is 65.5 cm³/mol. The van der Waals surface area contributed by atoms with Gasteiger partial charge in [0.25, 0.3) is 0 Å². The van der Waals surface area contributed by atoms with Crippen LogP contribution in [0.3, 0.4) is 0 Å². The first kappa shape index (κ1) is 11.0. The minimum absolute atomic E-state index is 0.438. The molecule has 1 nitrogen and oxygen atoms in total. The molecule has 0 heterocycles. The second-order valence-corrected chi connectivity index (χ2v) is 4.93. The van der Waals surface area contributed by atoms with E-state index in [2.05, 4.69) is 17.4 Å². The smallest absolute Gasteiger partial charge is 0.0406 e. The van der Waals surface area contributed by atoms with Crippen molar-refractivity contribution in [3.8, 4) is 0 Å². The molecule has 2 rings (SSSR count). The van der Waals surface area contributed by atoms with Gasteiger partial charge in [0.2, 0.25) is 0 Å². The summed E-state index contributed by atoms with van der Waals surface area (Å²) < 4.78 is 0. The van der Waals surface area contributed by atoms with Crippen LogP contribution in [0.15, 0.2) is 24.3 Å². The zero-order valence-electron chi connectivity index (χ0n) is 9.22. The monoisotopic (exact) mass is 223 g/mol. The molecule has 0 unspecified atom stereocenters. The molecule has 0 radical (unpaired) electrons. The summed E-state index contributed by atoms with van der Waals surface area (Å²) in [6.07, 6.45) is 5.27. The van der Waals surface area contributed by atoms with E-state index in [9.17, 15) is 0 Å². The lowest BCUT2D eigenvalue weighted by Crippen LogP contribution is -2.36. The highest BCUT2D eigenvalue weighted by Gasteiger charge is 2.37. The maximum atomic E-state index is 5.91. The van der Waals surface area contributed by atoms with Crippen molar-refractivity contribution >= 4 is 11.6 Å².